The summed E-state index contributed by atoms with van der Waals surface area (Å²) >= 11 is 1.67. The third-order valence-corrected chi connectivity index (χ3v) is 3.91. The first-order chi connectivity index (χ1) is 9.04. The van der Waals surface area contributed by atoms with E-state index >= 15 is 0 Å². The molecule has 0 aliphatic heterocycles. The molecule has 102 valence electrons. The number of nitrogens with zero attached hydrogens (tertiary/aromatic N) is 1. The van der Waals surface area contributed by atoms with E-state index in [4.69, 9.17) is 0 Å². The largest absolute Gasteiger partial charge is 0.508 e. The van der Waals surface area contributed by atoms with Crippen molar-refractivity contribution in [1.82, 2.24) is 10.3 Å². The van der Waals surface area contributed by atoms with Gasteiger partial charge in [0.2, 0.25) is 0 Å². The van der Waals surface area contributed by atoms with Crippen LogP contribution in [0.1, 0.15) is 29.2 Å². The summed E-state index contributed by atoms with van der Waals surface area (Å²) in [6, 6.07) is 4.71. The summed E-state index contributed by atoms with van der Waals surface area (Å²) in [6.45, 7) is 4.80. The summed E-state index contributed by atoms with van der Waals surface area (Å²) in [5.74, 6) is 0.165. The van der Waals surface area contributed by atoms with Crippen molar-refractivity contribution >= 4 is 11.3 Å². The third-order valence-electron chi connectivity index (χ3n) is 2.88. The van der Waals surface area contributed by atoms with E-state index in [2.05, 4.69) is 10.3 Å². The third kappa shape index (κ3) is 3.94. The number of rotatable bonds is 5. The van der Waals surface area contributed by atoms with Crippen molar-refractivity contribution in [1.29, 1.82) is 0 Å². The fourth-order valence-electron chi connectivity index (χ4n) is 1.90. The van der Waals surface area contributed by atoms with Crippen molar-refractivity contribution in [3.8, 4) is 11.5 Å². The molecule has 0 saturated heterocycles. The first kappa shape index (κ1) is 13.8. The van der Waals surface area contributed by atoms with Gasteiger partial charge in [-0.2, -0.15) is 0 Å². The van der Waals surface area contributed by atoms with Crippen molar-refractivity contribution in [2.75, 3.05) is 6.54 Å². The Hall–Kier alpha value is -1.59. The SMILES string of the molecule is Cc1csc(CCNC(C)c2cc(O)cc(O)c2)n1. The summed E-state index contributed by atoms with van der Waals surface area (Å²) in [5, 5.41) is 25.4. The van der Waals surface area contributed by atoms with Gasteiger partial charge in [0, 0.05) is 36.1 Å². The minimum absolute atomic E-state index is 0.0686. The van der Waals surface area contributed by atoms with Crippen molar-refractivity contribution in [3.63, 3.8) is 0 Å². The van der Waals surface area contributed by atoms with Gasteiger partial charge in [0.05, 0.1) is 5.01 Å². The van der Waals surface area contributed by atoms with Crippen LogP contribution in [-0.2, 0) is 6.42 Å². The Labute approximate surface area is 116 Å². The summed E-state index contributed by atoms with van der Waals surface area (Å²) in [7, 11) is 0. The second-order valence-corrected chi connectivity index (χ2v) is 5.53. The lowest BCUT2D eigenvalue weighted by Crippen LogP contribution is -2.21. The lowest BCUT2D eigenvalue weighted by Gasteiger charge is -2.14. The zero-order valence-electron chi connectivity index (χ0n) is 11.1. The first-order valence-electron chi connectivity index (χ1n) is 6.22. The van der Waals surface area contributed by atoms with E-state index in [1.165, 1.54) is 6.07 Å². The fraction of sp³-hybridized carbons (Fsp3) is 0.357. The van der Waals surface area contributed by atoms with Gasteiger partial charge in [-0.3, -0.25) is 0 Å². The number of hydrogen-bond donors (Lipinski definition) is 3. The molecule has 0 spiro atoms. The van der Waals surface area contributed by atoms with Crippen LogP contribution in [0.4, 0.5) is 0 Å². The van der Waals surface area contributed by atoms with Gasteiger partial charge in [0.15, 0.2) is 0 Å². The number of phenolic OH excluding ortho intramolecular Hbond substituents is 2. The van der Waals surface area contributed by atoms with E-state index in [9.17, 15) is 10.2 Å². The van der Waals surface area contributed by atoms with E-state index in [-0.39, 0.29) is 17.5 Å². The second-order valence-electron chi connectivity index (χ2n) is 4.59. The maximum atomic E-state index is 9.45. The van der Waals surface area contributed by atoms with Gasteiger partial charge in [0.1, 0.15) is 11.5 Å². The molecule has 0 saturated carbocycles. The molecule has 1 heterocycles. The fourth-order valence-corrected chi connectivity index (χ4v) is 2.67. The minimum Gasteiger partial charge on any atom is -0.508 e. The molecule has 0 fully saturated rings. The highest BCUT2D eigenvalue weighted by Crippen LogP contribution is 2.24. The number of aromatic hydroxyl groups is 2. The molecule has 0 radical (unpaired) electrons. The first-order valence-corrected chi connectivity index (χ1v) is 7.10. The molecule has 2 aromatic rings. The number of phenols is 2. The van der Waals surface area contributed by atoms with Gasteiger partial charge in [-0.1, -0.05) is 0 Å². The van der Waals surface area contributed by atoms with Crippen LogP contribution in [0.25, 0.3) is 0 Å². The zero-order valence-corrected chi connectivity index (χ0v) is 11.9. The van der Waals surface area contributed by atoms with Crippen molar-refractivity contribution < 1.29 is 10.2 Å². The maximum absolute atomic E-state index is 9.45. The molecular formula is C14H18N2O2S. The number of hydrogen-bond acceptors (Lipinski definition) is 5. The predicted molar refractivity (Wildman–Crippen MR) is 76.7 cm³/mol. The van der Waals surface area contributed by atoms with Crippen LogP contribution in [0.3, 0.4) is 0 Å². The van der Waals surface area contributed by atoms with Crippen LogP contribution in [-0.4, -0.2) is 21.7 Å². The standard InChI is InChI=1S/C14H18N2O2S/c1-9-8-19-14(16-9)3-4-15-10(2)11-5-12(17)7-13(18)6-11/h5-8,10,15,17-18H,3-4H2,1-2H3. The Morgan fingerprint density at radius 1 is 1.26 bits per heavy atom. The number of thiazole rings is 1. The normalized spacial score (nSPS) is 12.5. The van der Waals surface area contributed by atoms with E-state index < -0.39 is 0 Å². The van der Waals surface area contributed by atoms with Crippen LogP contribution in [0.15, 0.2) is 23.6 Å². The summed E-state index contributed by atoms with van der Waals surface area (Å²) in [4.78, 5) is 4.41. The van der Waals surface area contributed by atoms with Crippen LogP contribution >= 0.6 is 11.3 Å². The molecule has 0 bridgehead atoms. The van der Waals surface area contributed by atoms with Crippen LogP contribution in [0.5, 0.6) is 11.5 Å². The Morgan fingerprint density at radius 2 is 1.95 bits per heavy atom. The molecule has 0 aliphatic rings. The molecule has 4 nitrogen and oxygen atoms in total. The number of benzene rings is 1. The Morgan fingerprint density at radius 3 is 2.53 bits per heavy atom. The smallest absolute Gasteiger partial charge is 0.119 e. The van der Waals surface area contributed by atoms with E-state index in [0.717, 1.165) is 29.2 Å². The molecule has 5 heteroatoms. The zero-order chi connectivity index (χ0) is 13.8. The van der Waals surface area contributed by atoms with Gasteiger partial charge < -0.3 is 15.5 Å². The lowest BCUT2D eigenvalue weighted by atomic mass is 10.1. The van der Waals surface area contributed by atoms with Crippen LogP contribution in [0, 0.1) is 6.92 Å². The lowest BCUT2D eigenvalue weighted by molar-refractivity contribution is 0.446. The Kier molecular flexibility index (Phi) is 4.39. The van der Waals surface area contributed by atoms with Gasteiger partial charge in [-0.05, 0) is 31.5 Å². The van der Waals surface area contributed by atoms with Gasteiger partial charge in [-0.25, -0.2) is 4.98 Å². The maximum Gasteiger partial charge on any atom is 0.119 e. The number of aryl methyl sites for hydroxylation is 1. The van der Waals surface area contributed by atoms with Gasteiger partial charge in [-0.15, -0.1) is 11.3 Å². The second kappa shape index (κ2) is 6.04. The summed E-state index contributed by atoms with van der Waals surface area (Å²) in [6.07, 6.45) is 0.883. The van der Waals surface area contributed by atoms with Gasteiger partial charge in [0.25, 0.3) is 0 Å². The quantitative estimate of drug-likeness (QED) is 0.787. The monoisotopic (exact) mass is 278 g/mol. The molecule has 3 N–H and O–H groups in total. The molecule has 1 aromatic heterocycles. The molecule has 0 aliphatic carbocycles. The van der Waals surface area contributed by atoms with Gasteiger partial charge >= 0.3 is 0 Å². The highest BCUT2D eigenvalue weighted by atomic mass is 32.1. The summed E-state index contributed by atoms with van der Waals surface area (Å²) < 4.78 is 0. The molecule has 19 heavy (non-hydrogen) atoms. The van der Waals surface area contributed by atoms with Crippen molar-refractivity contribution in [2.24, 2.45) is 0 Å². The minimum atomic E-state index is 0.0686. The number of aromatic nitrogens is 1. The molecule has 1 unspecified atom stereocenters. The molecule has 0 amide bonds. The average molecular weight is 278 g/mol. The van der Waals surface area contributed by atoms with Crippen molar-refractivity contribution in [2.45, 2.75) is 26.3 Å². The van der Waals surface area contributed by atoms with Crippen LogP contribution in [0.2, 0.25) is 0 Å². The Balaban J connectivity index is 1.88. The Bertz CT molecular complexity index is 534. The predicted octanol–water partition coefficient (Wildman–Crippen LogP) is 2.76. The summed E-state index contributed by atoms with van der Waals surface area (Å²) in [5.41, 5.74) is 1.93. The number of nitrogens with one attached hydrogen (secondary N) is 1. The molecular weight excluding hydrogens is 260 g/mol. The van der Waals surface area contributed by atoms with E-state index in [1.807, 2.05) is 19.2 Å². The average Bonchev–Trinajstić information content (AvgIpc) is 2.73. The molecule has 1 aromatic carbocycles. The molecule has 1 atom stereocenters. The highest BCUT2D eigenvalue weighted by Gasteiger charge is 2.08. The van der Waals surface area contributed by atoms with E-state index in [0.29, 0.717) is 0 Å². The van der Waals surface area contributed by atoms with Crippen LogP contribution < -0.4 is 5.32 Å². The topological polar surface area (TPSA) is 65.4 Å². The molecule has 2 rings (SSSR count). The highest BCUT2D eigenvalue weighted by molar-refractivity contribution is 7.09. The van der Waals surface area contributed by atoms with E-state index in [1.54, 1.807) is 23.5 Å². The van der Waals surface area contributed by atoms with Crippen molar-refractivity contribution in [3.05, 3.63) is 39.8 Å².